The molecule has 0 aliphatic rings. The number of hydrogen-bond donors (Lipinski definition) is 1. The Labute approximate surface area is 97.0 Å². The van der Waals surface area contributed by atoms with E-state index in [1.807, 2.05) is 25.2 Å². The minimum Gasteiger partial charge on any atom is -0.396 e. The smallest absolute Gasteiger partial charge is 0.0741 e. The van der Waals surface area contributed by atoms with Gasteiger partial charge in [0.25, 0.3) is 0 Å². The van der Waals surface area contributed by atoms with Gasteiger partial charge in [0.2, 0.25) is 0 Å². The minimum absolute atomic E-state index is 0.629. The molecule has 0 atom stereocenters. The number of anilines is 2. The molecule has 0 unspecified atom stereocenters. The second kappa shape index (κ2) is 5.26. The summed E-state index contributed by atoms with van der Waals surface area (Å²) in [7, 11) is 2.05. The molecule has 0 amide bonds. The number of halogens is 1. The number of nitrogens with two attached hydrogens (primary N) is 1. The lowest BCUT2D eigenvalue weighted by atomic mass is 10.1. The van der Waals surface area contributed by atoms with Crippen molar-refractivity contribution in [3.63, 3.8) is 0 Å². The van der Waals surface area contributed by atoms with Gasteiger partial charge in [-0.15, -0.1) is 0 Å². The molecule has 1 aromatic rings. The summed E-state index contributed by atoms with van der Waals surface area (Å²) in [4.78, 5) is 2.15. The van der Waals surface area contributed by atoms with Crippen LogP contribution in [-0.4, -0.2) is 13.6 Å². The van der Waals surface area contributed by atoms with E-state index in [9.17, 15) is 0 Å². The molecule has 3 heteroatoms. The number of hydrogen-bond acceptors (Lipinski definition) is 2. The van der Waals surface area contributed by atoms with Gasteiger partial charge in [0.1, 0.15) is 0 Å². The monoisotopic (exact) mass is 226 g/mol. The third kappa shape index (κ3) is 3.31. The first kappa shape index (κ1) is 12.2. The summed E-state index contributed by atoms with van der Waals surface area (Å²) in [6, 6.07) is 5.75. The van der Waals surface area contributed by atoms with Crippen molar-refractivity contribution in [2.24, 2.45) is 5.92 Å². The molecule has 15 heavy (non-hydrogen) atoms. The van der Waals surface area contributed by atoms with Gasteiger partial charge in [0, 0.05) is 13.6 Å². The van der Waals surface area contributed by atoms with Crippen LogP contribution in [0.2, 0.25) is 5.02 Å². The van der Waals surface area contributed by atoms with Crippen molar-refractivity contribution in [3.8, 4) is 0 Å². The molecule has 0 spiro atoms. The first-order valence-corrected chi connectivity index (χ1v) is 5.65. The van der Waals surface area contributed by atoms with Gasteiger partial charge in [-0.05, 0) is 24.5 Å². The van der Waals surface area contributed by atoms with Crippen LogP contribution in [0, 0.1) is 5.92 Å². The molecular formula is C12H19ClN2. The summed E-state index contributed by atoms with van der Waals surface area (Å²) in [5.41, 5.74) is 7.60. The van der Waals surface area contributed by atoms with Gasteiger partial charge in [-0.1, -0.05) is 31.5 Å². The van der Waals surface area contributed by atoms with Gasteiger partial charge in [-0.3, -0.25) is 0 Å². The molecule has 2 nitrogen and oxygen atoms in total. The van der Waals surface area contributed by atoms with E-state index >= 15 is 0 Å². The third-order valence-corrected chi connectivity index (χ3v) is 2.81. The zero-order valence-electron chi connectivity index (χ0n) is 9.63. The Hall–Kier alpha value is -0.890. The van der Waals surface area contributed by atoms with Crippen molar-refractivity contribution in [2.45, 2.75) is 20.3 Å². The molecule has 0 radical (unpaired) electrons. The third-order valence-electron chi connectivity index (χ3n) is 2.48. The van der Waals surface area contributed by atoms with Gasteiger partial charge < -0.3 is 10.6 Å². The van der Waals surface area contributed by atoms with Crippen molar-refractivity contribution >= 4 is 23.0 Å². The van der Waals surface area contributed by atoms with Gasteiger partial charge in [0.15, 0.2) is 0 Å². The number of nitrogen functional groups attached to an aromatic ring is 1. The van der Waals surface area contributed by atoms with Crippen LogP contribution >= 0.6 is 11.6 Å². The molecular weight excluding hydrogens is 208 g/mol. The summed E-state index contributed by atoms with van der Waals surface area (Å²) < 4.78 is 0. The van der Waals surface area contributed by atoms with Gasteiger partial charge >= 0.3 is 0 Å². The Morgan fingerprint density at radius 3 is 2.67 bits per heavy atom. The minimum atomic E-state index is 0.629. The van der Waals surface area contributed by atoms with Gasteiger partial charge in [-0.2, -0.15) is 0 Å². The first-order valence-electron chi connectivity index (χ1n) is 5.27. The average molecular weight is 227 g/mol. The normalized spacial score (nSPS) is 10.7. The van der Waals surface area contributed by atoms with Crippen LogP contribution in [0.25, 0.3) is 0 Å². The van der Waals surface area contributed by atoms with E-state index in [0.717, 1.165) is 18.7 Å². The fourth-order valence-electron chi connectivity index (χ4n) is 1.43. The summed E-state index contributed by atoms with van der Waals surface area (Å²) in [6.45, 7) is 5.44. The molecule has 84 valence electrons. The molecule has 0 aliphatic carbocycles. The molecule has 1 rings (SSSR count). The Kier molecular flexibility index (Phi) is 4.28. The van der Waals surface area contributed by atoms with E-state index in [0.29, 0.717) is 16.6 Å². The Balaban J connectivity index is 2.73. The highest BCUT2D eigenvalue weighted by Gasteiger charge is 2.07. The topological polar surface area (TPSA) is 29.3 Å². The van der Waals surface area contributed by atoms with Crippen LogP contribution in [0.1, 0.15) is 20.3 Å². The van der Waals surface area contributed by atoms with Crippen LogP contribution < -0.4 is 10.6 Å². The lowest BCUT2D eigenvalue weighted by Crippen LogP contribution is -2.21. The maximum atomic E-state index is 5.97. The van der Waals surface area contributed by atoms with Crippen LogP contribution in [0.15, 0.2) is 18.2 Å². The van der Waals surface area contributed by atoms with Crippen molar-refractivity contribution < 1.29 is 0 Å². The van der Waals surface area contributed by atoms with Crippen molar-refractivity contribution in [3.05, 3.63) is 23.2 Å². The zero-order valence-corrected chi connectivity index (χ0v) is 10.4. The fraction of sp³-hybridized carbons (Fsp3) is 0.500. The molecule has 0 saturated carbocycles. The molecule has 0 aromatic heterocycles. The Morgan fingerprint density at radius 1 is 1.40 bits per heavy atom. The van der Waals surface area contributed by atoms with E-state index in [2.05, 4.69) is 18.7 Å². The number of para-hydroxylation sites is 1. The summed E-state index contributed by atoms with van der Waals surface area (Å²) in [5, 5.41) is 0.629. The van der Waals surface area contributed by atoms with Crippen LogP contribution in [0.3, 0.4) is 0 Å². The van der Waals surface area contributed by atoms with Crippen LogP contribution in [-0.2, 0) is 0 Å². The Morgan fingerprint density at radius 2 is 2.07 bits per heavy atom. The molecule has 0 saturated heterocycles. The fourth-order valence-corrected chi connectivity index (χ4v) is 1.60. The number of rotatable bonds is 4. The van der Waals surface area contributed by atoms with Crippen LogP contribution in [0.5, 0.6) is 0 Å². The van der Waals surface area contributed by atoms with E-state index < -0.39 is 0 Å². The number of benzene rings is 1. The predicted octanol–water partition coefficient (Wildman–Crippen LogP) is 3.40. The lowest BCUT2D eigenvalue weighted by Gasteiger charge is -2.22. The molecule has 1 aromatic carbocycles. The molecule has 2 N–H and O–H groups in total. The van der Waals surface area contributed by atoms with E-state index in [4.69, 9.17) is 17.3 Å². The van der Waals surface area contributed by atoms with E-state index in [1.165, 1.54) is 0 Å². The molecule has 0 fully saturated rings. The molecule has 0 bridgehead atoms. The second-order valence-corrected chi connectivity index (χ2v) is 4.68. The average Bonchev–Trinajstić information content (AvgIpc) is 2.18. The second-order valence-electron chi connectivity index (χ2n) is 4.28. The summed E-state index contributed by atoms with van der Waals surface area (Å²) >= 11 is 5.97. The lowest BCUT2D eigenvalue weighted by molar-refractivity contribution is 0.585. The quantitative estimate of drug-likeness (QED) is 0.798. The Bertz CT molecular complexity index is 323. The SMILES string of the molecule is CC(C)CCN(C)c1cccc(Cl)c1N. The summed E-state index contributed by atoms with van der Waals surface area (Å²) in [5.74, 6) is 0.702. The highest BCUT2D eigenvalue weighted by Crippen LogP contribution is 2.29. The zero-order chi connectivity index (χ0) is 11.4. The maximum Gasteiger partial charge on any atom is 0.0741 e. The highest BCUT2D eigenvalue weighted by molar-refractivity contribution is 6.33. The standard InChI is InChI=1S/C12H19ClN2/c1-9(2)7-8-15(3)11-6-4-5-10(13)12(11)14/h4-6,9H,7-8,14H2,1-3H3. The van der Waals surface area contributed by atoms with Crippen LogP contribution in [0.4, 0.5) is 11.4 Å². The van der Waals surface area contributed by atoms with Crippen molar-refractivity contribution in [1.29, 1.82) is 0 Å². The largest absolute Gasteiger partial charge is 0.396 e. The van der Waals surface area contributed by atoms with Gasteiger partial charge in [-0.25, -0.2) is 0 Å². The van der Waals surface area contributed by atoms with Crippen molar-refractivity contribution in [2.75, 3.05) is 24.2 Å². The predicted molar refractivity (Wildman–Crippen MR) is 68.6 cm³/mol. The highest BCUT2D eigenvalue weighted by atomic mass is 35.5. The summed E-state index contributed by atoms with van der Waals surface area (Å²) in [6.07, 6.45) is 1.16. The van der Waals surface area contributed by atoms with Crippen molar-refractivity contribution in [1.82, 2.24) is 0 Å². The maximum absolute atomic E-state index is 5.97. The first-order chi connectivity index (χ1) is 7.02. The van der Waals surface area contributed by atoms with Gasteiger partial charge in [0.05, 0.1) is 16.4 Å². The number of nitrogens with zero attached hydrogens (tertiary/aromatic N) is 1. The molecule has 0 heterocycles. The van der Waals surface area contributed by atoms with E-state index in [-0.39, 0.29) is 0 Å². The molecule has 0 aliphatic heterocycles. The van der Waals surface area contributed by atoms with E-state index in [1.54, 1.807) is 0 Å².